The van der Waals surface area contributed by atoms with Crippen LogP contribution in [0, 0.1) is 0 Å². The minimum absolute atomic E-state index is 0.178. The summed E-state index contributed by atoms with van der Waals surface area (Å²) >= 11 is 0. The Morgan fingerprint density at radius 2 is 2.29 bits per heavy atom. The van der Waals surface area contributed by atoms with Gasteiger partial charge in [0.25, 0.3) is 0 Å². The SMILES string of the molecule is c1cc(Cn2cccn2)cc(C2NCCc3[nH]cnc32)c1. The molecule has 5 nitrogen and oxygen atoms in total. The third-order valence-electron chi connectivity index (χ3n) is 3.94. The molecule has 0 amide bonds. The molecule has 1 aromatic carbocycles. The van der Waals surface area contributed by atoms with Crippen molar-refractivity contribution in [3.63, 3.8) is 0 Å². The van der Waals surface area contributed by atoms with Gasteiger partial charge in [-0.05, 0) is 17.2 Å². The summed E-state index contributed by atoms with van der Waals surface area (Å²) in [7, 11) is 0. The number of imidazole rings is 1. The van der Waals surface area contributed by atoms with Crippen LogP contribution in [-0.4, -0.2) is 26.3 Å². The van der Waals surface area contributed by atoms with Crippen molar-refractivity contribution in [1.82, 2.24) is 25.1 Å². The molecular formula is C16H17N5. The Bertz CT molecular complexity index is 729. The Balaban J connectivity index is 1.65. The Morgan fingerprint density at radius 3 is 3.19 bits per heavy atom. The van der Waals surface area contributed by atoms with Gasteiger partial charge in [-0.15, -0.1) is 0 Å². The quantitative estimate of drug-likeness (QED) is 0.769. The van der Waals surface area contributed by atoms with Crippen molar-refractivity contribution >= 4 is 0 Å². The van der Waals surface area contributed by atoms with Crippen LogP contribution in [0.1, 0.15) is 28.6 Å². The second-order valence-electron chi connectivity index (χ2n) is 5.35. The molecule has 0 radical (unpaired) electrons. The highest BCUT2D eigenvalue weighted by Crippen LogP contribution is 2.26. The number of benzene rings is 1. The van der Waals surface area contributed by atoms with E-state index in [0.29, 0.717) is 0 Å². The monoisotopic (exact) mass is 279 g/mol. The molecule has 106 valence electrons. The summed E-state index contributed by atoms with van der Waals surface area (Å²) in [5, 5.41) is 7.82. The van der Waals surface area contributed by atoms with E-state index in [0.717, 1.165) is 25.2 Å². The first-order chi connectivity index (χ1) is 10.4. The zero-order chi connectivity index (χ0) is 14.1. The fraction of sp³-hybridized carbons (Fsp3) is 0.250. The third kappa shape index (κ3) is 2.36. The van der Waals surface area contributed by atoms with Crippen molar-refractivity contribution in [2.75, 3.05) is 6.54 Å². The second kappa shape index (κ2) is 5.18. The lowest BCUT2D eigenvalue weighted by atomic mass is 9.96. The Morgan fingerprint density at radius 1 is 1.29 bits per heavy atom. The minimum Gasteiger partial charge on any atom is -0.348 e. The second-order valence-corrected chi connectivity index (χ2v) is 5.35. The predicted molar refractivity (Wildman–Crippen MR) is 79.9 cm³/mol. The standard InChI is InChI=1S/C16H17N5/c1-3-12(10-21-8-2-6-20-21)9-13(4-1)15-16-14(5-7-17-15)18-11-19-16/h1-4,6,8-9,11,15,17H,5,7,10H2,(H,18,19). The van der Waals surface area contributed by atoms with E-state index in [1.807, 2.05) is 23.1 Å². The van der Waals surface area contributed by atoms with Gasteiger partial charge in [-0.25, -0.2) is 4.98 Å². The first-order valence-electron chi connectivity index (χ1n) is 7.22. The van der Waals surface area contributed by atoms with Crippen molar-refractivity contribution in [2.24, 2.45) is 0 Å². The molecule has 1 atom stereocenters. The maximum absolute atomic E-state index is 4.48. The molecule has 1 unspecified atom stereocenters. The molecule has 0 saturated carbocycles. The number of H-pyrrole nitrogens is 1. The Kier molecular flexibility index (Phi) is 3.05. The highest BCUT2D eigenvalue weighted by molar-refractivity contribution is 5.34. The number of nitrogens with one attached hydrogen (secondary N) is 2. The van der Waals surface area contributed by atoms with Crippen LogP contribution in [0.15, 0.2) is 49.1 Å². The number of aromatic amines is 1. The molecule has 2 N–H and O–H groups in total. The number of nitrogens with zero attached hydrogens (tertiary/aromatic N) is 3. The average molecular weight is 279 g/mol. The highest BCUT2D eigenvalue weighted by atomic mass is 15.3. The highest BCUT2D eigenvalue weighted by Gasteiger charge is 2.23. The van der Waals surface area contributed by atoms with Gasteiger partial charge in [0.1, 0.15) is 0 Å². The molecule has 4 rings (SSSR count). The van der Waals surface area contributed by atoms with E-state index < -0.39 is 0 Å². The van der Waals surface area contributed by atoms with Crippen LogP contribution in [0.2, 0.25) is 0 Å². The normalized spacial score (nSPS) is 17.6. The van der Waals surface area contributed by atoms with Crippen molar-refractivity contribution < 1.29 is 0 Å². The van der Waals surface area contributed by atoms with Crippen LogP contribution in [-0.2, 0) is 13.0 Å². The average Bonchev–Trinajstić information content (AvgIpc) is 3.18. The summed E-state index contributed by atoms with van der Waals surface area (Å²) in [6.07, 6.45) is 6.59. The molecule has 1 aliphatic rings. The largest absolute Gasteiger partial charge is 0.348 e. The van der Waals surface area contributed by atoms with Crippen molar-refractivity contribution in [2.45, 2.75) is 19.0 Å². The van der Waals surface area contributed by atoms with E-state index in [-0.39, 0.29) is 6.04 Å². The zero-order valence-corrected chi connectivity index (χ0v) is 11.7. The fourth-order valence-electron chi connectivity index (χ4n) is 2.95. The van der Waals surface area contributed by atoms with Crippen LogP contribution in [0.25, 0.3) is 0 Å². The molecular weight excluding hydrogens is 262 g/mol. The Hall–Kier alpha value is -2.40. The molecule has 5 heteroatoms. The van der Waals surface area contributed by atoms with Gasteiger partial charge in [0.05, 0.1) is 24.6 Å². The van der Waals surface area contributed by atoms with Crippen molar-refractivity contribution in [3.8, 4) is 0 Å². The molecule has 3 aromatic rings. The number of hydrogen-bond donors (Lipinski definition) is 2. The van der Waals surface area contributed by atoms with Crippen molar-refractivity contribution in [1.29, 1.82) is 0 Å². The van der Waals surface area contributed by atoms with Gasteiger partial charge in [0.2, 0.25) is 0 Å². The van der Waals surface area contributed by atoms with E-state index >= 15 is 0 Å². The van der Waals surface area contributed by atoms with Crippen LogP contribution in [0.5, 0.6) is 0 Å². The molecule has 0 aliphatic carbocycles. The fourth-order valence-corrected chi connectivity index (χ4v) is 2.95. The molecule has 0 spiro atoms. The van der Waals surface area contributed by atoms with Gasteiger partial charge in [0, 0.05) is 31.1 Å². The van der Waals surface area contributed by atoms with E-state index in [1.165, 1.54) is 16.8 Å². The summed E-state index contributed by atoms with van der Waals surface area (Å²) in [6, 6.07) is 10.8. The lowest BCUT2D eigenvalue weighted by molar-refractivity contribution is 0.552. The Labute approximate surface area is 123 Å². The summed E-state index contributed by atoms with van der Waals surface area (Å²) < 4.78 is 1.94. The van der Waals surface area contributed by atoms with E-state index in [2.05, 4.69) is 44.6 Å². The van der Waals surface area contributed by atoms with Gasteiger partial charge in [0.15, 0.2) is 0 Å². The van der Waals surface area contributed by atoms with E-state index in [9.17, 15) is 0 Å². The van der Waals surface area contributed by atoms with Gasteiger partial charge in [-0.1, -0.05) is 24.3 Å². The predicted octanol–water partition coefficient (Wildman–Crippen LogP) is 1.89. The summed E-state index contributed by atoms with van der Waals surface area (Å²) in [5.41, 5.74) is 4.88. The van der Waals surface area contributed by atoms with Crippen LogP contribution in [0.4, 0.5) is 0 Å². The molecule has 0 bridgehead atoms. The van der Waals surface area contributed by atoms with Crippen LogP contribution >= 0.6 is 0 Å². The smallest absolute Gasteiger partial charge is 0.0926 e. The molecule has 0 fully saturated rings. The molecule has 21 heavy (non-hydrogen) atoms. The zero-order valence-electron chi connectivity index (χ0n) is 11.7. The van der Waals surface area contributed by atoms with Gasteiger partial charge < -0.3 is 10.3 Å². The lowest BCUT2D eigenvalue weighted by Gasteiger charge is -2.23. The summed E-state index contributed by atoms with van der Waals surface area (Å²) in [5.74, 6) is 0. The summed E-state index contributed by atoms with van der Waals surface area (Å²) in [4.78, 5) is 7.73. The molecule has 2 aromatic heterocycles. The maximum atomic E-state index is 4.48. The summed E-state index contributed by atoms with van der Waals surface area (Å²) in [6.45, 7) is 1.77. The van der Waals surface area contributed by atoms with E-state index in [4.69, 9.17) is 0 Å². The van der Waals surface area contributed by atoms with Crippen LogP contribution in [0.3, 0.4) is 0 Å². The van der Waals surface area contributed by atoms with Gasteiger partial charge >= 0.3 is 0 Å². The first-order valence-corrected chi connectivity index (χ1v) is 7.22. The van der Waals surface area contributed by atoms with Crippen LogP contribution < -0.4 is 5.32 Å². The topological polar surface area (TPSA) is 58.5 Å². The van der Waals surface area contributed by atoms with E-state index in [1.54, 1.807) is 6.33 Å². The minimum atomic E-state index is 0.178. The molecule has 3 heterocycles. The first kappa shape index (κ1) is 12.3. The maximum Gasteiger partial charge on any atom is 0.0926 e. The molecule has 1 aliphatic heterocycles. The number of rotatable bonds is 3. The van der Waals surface area contributed by atoms with Gasteiger partial charge in [-0.3, -0.25) is 4.68 Å². The number of hydrogen-bond acceptors (Lipinski definition) is 3. The van der Waals surface area contributed by atoms with Crippen molar-refractivity contribution in [3.05, 3.63) is 71.6 Å². The number of aromatic nitrogens is 4. The molecule has 0 saturated heterocycles. The van der Waals surface area contributed by atoms with Gasteiger partial charge in [-0.2, -0.15) is 5.10 Å². The lowest BCUT2D eigenvalue weighted by Crippen LogP contribution is -2.30. The number of fused-ring (bicyclic) bond motifs is 1. The third-order valence-corrected chi connectivity index (χ3v) is 3.94.